The summed E-state index contributed by atoms with van der Waals surface area (Å²) in [5, 5.41) is 14.1. The quantitative estimate of drug-likeness (QED) is 0.592. The second-order valence-electron chi connectivity index (χ2n) is 4.99. The molecule has 0 aliphatic carbocycles. The van der Waals surface area contributed by atoms with Crippen molar-refractivity contribution < 1.29 is 19.4 Å². The third-order valence-electron chi connectivity index (χ3n) is 2.46. The van der Waals surface area contributed by atoms with Gasteiger partial charge in [0.25, 0.3) is 0 Å². The van der Waals surface area contributed by atoms with Crippen LogP contribution in [-0.2, 0) is 4.79 Å². The van der Waals surface area contributed by atoms with Gasteiger partial charge in [-0.3, -0.25) is 4.79 Å². The van der Waals surface area contributed by atoms with Crippen LogP contribution in [0.15, 0.2) is 24.3 Å². The summed E-state index contributed by atoms with van der Waals surface area (Å²) in [4.78, 5) is 22.2. The highest BCUT2D eigenvalue weighted by molar-refractivity contribution is 5.90. The average Bonchev–Trinajstić information content (AvgIpc) is 2.42. The SMILES string of the molecule is CC(C)COc1cccc(NC(=O)NC[C@H](O)C(N)=O)c1. The van der Waals surface area contributed by atoms with Gasteiger partial charge in [0.1, 0.15) is 11.9 Å². The molecule has 7 nitrogen and oxygen atoms in total. The Kier molecular flexibility index (Phi) is 6.48. The van der Waals surface area contributed by atoms with E-state index < -0.39 is 18.0 Å². The van der Waals surface area contributed by atoms with E-state index in [9.17, 15) is 14.7 Å². The summed E-state index contributed by atoms with van der Waals surface area (Å²) in [6.45, 7) is 4.42. The Bertz CT molecular complexity index is 491. The molecule has 5 N–H and O–H groups in total. The van der Waals surface area contributed by atoms with Gasteiger partial charge >= 0.3 is 6.03 Å². The van der Waals surface area contributed by atoms with Crippen molar-refractivity contribution in [2.24, 2.45) is 11.7 Å². The van der Waals surface area contributed by atoms with Crippen LogP contribution in [0.4, 0.5) is 10.5 Å². The molecule has 7 heteroatoms. The Balaban J connectivity index is 2.48. The number of nitrogens with two attached hydrogens (primary N) is 1. The number of nitrogens with one attached hydrogen (secondary N) is 2. The first-order valence-electron chi connectivity index (χ1n) is 6.63. The minimum atomic E-state index is -1.41. The van der Waals surface area contributed by atoms with Gasteiger partial charge in [0.15, 0.2) is 0 Å². The summed E-state index contributed by atoms with van der Waals surface area (Å²) in [7, 11) is 0. The van der Waals surface area contributed by atoms with Crippen molar-refractivity contribution in [3.63, 3.8) is 0 Å². The fourth-order valence-corrected chi connectivity index (χ4v) is 1.39. The second kappa shape index (κ2) is 8.11. The van der Waals surface area contributed by atoms with Crippen molar-refractivity contribution in [2.75, 3.05) is 18.5 Å². The molecule has 0 saturated carbocycles. The van der Waals surface area contributed by atoms with Crippen LogP contribution in [0.25, 0.3) is 0 Å². The maximum absolute atomic E-state index is 11.6. The van der Waals surface area contributed by atoms with Crippen LogP contribution in [0.2, 0.25) is 0 Å². The van der Waals surface area contributed by atoms with Crippen LogP contribution < -0.4 is 21.1 Å². The number of carbonyl (C=O) groups excluding carboxylic acids is 2. The lowest BCUT2D eigenvalue weighted by molar-refractivity contribution is -0.125. The predicted octanol–water partition coefficient (Wildman–Crippen LogP) is 0.689. The van der Waals surface area contributed by atoms with E-state index in [2.05, 4.69) is 10.6 Å². The Morgan fingerprint density at radius 2 is 2.10 bits per heavy atom. The fourth-order valence-electron chi connectivity index (χ4n) is 1.39. The normalized spacial score (nSPS) is 11.8. The van der Waals surface area contributed by atoms with E-state index in [1.165, 1.54) is 0 Å². The van der Waals surface area contributed by atoms with Crippen molar-refractivity contribution in [1.29, 1.82) is 0 Å². The topological polar surface area (TPSA) is 114 Å². The Morgan fingerprint density at radius 1 is 1.38 bits per heavy atom. The van der Waals surface area contributed by atoms with Crippen molar-refractivity contribution in [1.82, 2.24) is 5.32 Å². The monoisotopic (exact) mass is 295 g/mol. The first-order chi connectivity index (χ1) is 9.88. The number of anilines is 1. The van der Waals surface area contributed by atoms with Crippen molar-refractivity contribution in [3.8, 4) is 5.75 Å². The van der Waals surface area contributed by atoms with Crippen molar-refractivity contribution in [3.05, 3.63) is 24.3 Å². The third kappa shape index (κ3) is 6.62. The third-order valence-corrected chi connectivity index (χ3v) is 2.46. The van der Waals surface area contributed by atoms with Gasteiger partial charge in [0.2, 0.25) is 5.91 Å². The molecule has 1 aromatic carbocycles. The van der Waals surface area contributed by atoms with Crippen LogP contribution >= 0.6 is 0 Å². The zero-order valence-corrected chi connectivity index (χ0v) is 12.1. The minimum Gasteiger partial charge on any atom is -0.493 e. The van der Waals surface area contributed by atoms with E-state index >= 15 is 0 Å². The molecule has 0 aliphatic rings. The molecule has 0 bridgehead atoms. The lowest BCUT2D eigenvalue weighted by Crippen LogP contribution is -2.41. The van der Waals surface area contributed by atoms with Gasteiger partial charge in [-0.15, -0.1) is 0 Å². The maximum Gasteiger partial charge on any atom is 0.319 e. The van der Waals surface area contributed by atoms with Crippen LogP contribution in [-0.4, -0.2) is 36.3 Å². The fraction of sp³-hybridized carbons (Fsp3) is 0.429. The summed E-state index contributed by atoms with van der Waals surface area (Å²) in [6.07, 6.45) is -1.41. The highest BCUT2D eigenvalue weighted by Gasteiger charge is 2.12. The number of primary amides is 1. The van der Waals surface area contributed by atoms with E-state index in [4.69, 9.17) is 10.5 Å². The molecule has 0 radical (unpaired) electrons. The molecular weight excluding hydrogens is 274 g/mol. The van der Waals surface area contributed by atoms with Crippen LogP contribution in [0.1, 0.15) is 13.8 Å². The molecule has 21 heavy (non-hydrogen) atoms. The largest absolute Gasteiger partial charge is 0.493 e. The number of urea groups is 1. The summed E-state index contributed by atoms with van der Waals surface area (Å²) >= 11 is 0. The number of benzene rings is 1. The Hall–Kier alpha value is -2.28. The zero-order valence-electron chi connectivity index (χ0n) is 12.1. The van der Waals surface area contributed by atoms with E-state index in [1.807, 2.05) is 13.8 Å². The minimum absolute atomic E-state index is 0.245. The van der Waals surface area contributed by atoms with E-state index in [0.29, 0.717) is 24.0 Å². The van der Waals surface area contributed by atoms with Crippen LogP contribution in [0.5, 0.6) is 5.75 Å². The molecule has 1 atom stereocenters. The summed E-state index contributed by atoms with van der Waals surface area (Å²) in [5.41, 5.74) is 5.42. The van der Waals surface area contributed by atoms with Crippen LogP contribution in [0, 0.1) is 5.92 Å². The number of hydrogen-bond acceptors (Lipinski definition) is 4. The summed E-state index contributed by atoms with van der Waals surface area (Å²) in [6, 6.07) is 6.39. The predicted molar refractivity (Wildman–Crippen MR) is 79.0 cm³/mol. The number of carbonyl (C=O) groups is 2. The molecule has 0 aliphatic heterocycles. The highest BCUT2D eigenvalue weighted by atomic mass is 16.5. The second-order valence-corrected chi connectivity index (χ2v) is 4.99. The molecule has 3 amide bonds. The first-order valence-corrected chi connectivity index (χ1v) is 6.63. The molecule has 0 aromatic heterocycles. The number of ether oxygens (including phenoxy) is 1. The molecule has 1 aromatic rings. The lowest BCUT2D eigenvalue weighted by atomic mass is 10.2. The highest BCUT2D eigenvalue weighted by Crippen LogP contribution is 2.17. The first kappa shape index (κ1) is 16.8. The van der Waals surface area contributed by atoms with Crippen molar-refractivity contribution in [2.45, 2.75) is 20.0 Å². The van der Waals surface area contributed by atoms with E-state index in [1.54, 1.807) is 24.3 Å². The number of aliphatic hydroxyl groups excluding tert-OH is 1. The lowest BCUT2D eigenvalue weighted by Gasteiger charge is -2.12. The molecule has 0 spiro atoms. The molecule has 0 unspecified atom stereocenters. The number of amides is 3. The van der Waals surface area contributed by atoms with Gasteiger partial charge in [0.05, 0.1) is 13.2 Å². The molecule has 0 fully saturated rings. The van der Waals surface area contributed by atoms with Crippen molar-refractivity contribution >= 4 is 17.6 Å². The molecule has 116 valence electrons. The molecular formula is C14H21N3O4. The smallest absolute Gasteiger partial charge is 0.319 e. The summed E-state index contributed by atoms with van der Waals surface area (Å²) < 4.78 is 5.55. The number of hydrogen-bond donors (Lipinski definition) is 4. The average molecular weight is 295 g/mol. The summed E-state index contributed by atoms with van der Waals surface area (Å²) in [5.74, 6) is 0.165. The molecule has 0 saturated heterocycles. The maximum atomic E-state index is 11.6. The molecule has 0 heterocycles. The van der Waals surface area contributed by atoms with Gasteiger partial charge in [-0.25, -0.2) is 4.79 Å². The number of aliphatic hydroxyl groups is 1. The van der Waals surface area contributed by atoms with Gasteiger partial charge in [-0.05, 0) is 18.1 Å². The number of rotatable bonds is 7. The Labute approximate surface area is 123 Å². The van der Waals surface area contributed by atoms with Gasteiger partial charge in [0, 0.05) is 11.8 Å². The zero-order chi connectivity index (χ0) is 15.8. The van der Waals surface area contributed by atoms with E-state index in [-0.39, 0.29) is 6.54 Å². The van der Waals surface area contributed by atoms with Gasteiger partial charge < -0.3 is 26.2 Å². The van der Waals surface area contributed by atoms with Crippen LogP contribution in [0.3, 0.4) is 0 Å². The molecule has 1 rings (SSSR count). The van der Waals surface area contributed by atoms with E-state index in [0.717, 1.165) is 0 Å². The van der Waals surface area contributed by atoms with Gasteiger partial charge in [-0.1, -0.05) is 19.9 Å². The standard InChI is InChI=1S/C14H21N3O4/c1-9(2)8-21-11-5-3-4-10(6-11)17-14(20)16-7-12(18)13(15)19/h3-6,9,12,18H,7-8H2,1-2H3,(H2,15,19)(H2,16,17,20)/t12-/m0/s1. The van der Waals surface area contributed by atoms with Gasteiger partial charge in [-0.2, -0.15) is 0 Å². The Morgan fingerprint density at radius 3 is 2.71 bits per heavy atom.